The minimum atomic E-state index is 0.240. The molecule has 2 fully saturated rings. The molecule has 2 aliphatic rings. The highest BCUT2D eigenvalue weighted by Gasteiger charge is 2.39. The molecule has 0 aliphatic carbocycles. The molecule has 2 aliphatic heterocycles. The highest BCUT2D eigenvalue weighted by atomic mass is 32.1. The average molecular weight is 293 g/mol. The first-order chi connectivity index (χ1) is 9.70. The van der Waals surface area contributed by atoms with E-state index in [9.17, 15) is 0 Å². The predicted octanol–water partition coefficient (Wildman–Crippen LogP) is 2.70. The van der Waals surface area contributed by atoms with Crippen molar-refractivity contribution >= 4 is 11.3 Å². The van der Waals surface area contributed by atoms with E-state index >= 15 is 0 Å². The van der Waals surface area contributed by atoms with Gasteiger partial charge in [-0.25, -0.2) is 0 Å². The van der Waals surface area contributed by atoms with Gasteiger partial charge >= 0.3 is 0 Å². The summed E-state index contributed by atoms with van der Waals surface area (Å²) in [5.74, 6) is 0. The fraction of sp³-hybridized carbons (Fsp3) is 0.750. The Hall–Kier alpha value is -0.420. The molecule has 3 rings (SSSR count). The van der Waals surface area contributed by atoms with Gasteiger partial charge in [0.05, 0.1) is 6.04 Å². The molecule has 0 amide bonds. The first-order valence-corrected chi connectivity index (χ1v) is 8.87. The van der Waals surface area contributed by atoms with Crippen molar-refractivity contribution in [2.24, 2.45) is 5.73 Å². The van der Waals surface area contributed by atoms with Crippen LogP contribution >= 0.6 is 11.3 Å². The van der Waals surface area contributed by atoms with E-state index in [1.54, 1.807) is 0 Å². The lowest BCUT2D eigenvalue weighted by atomic mass is 9.97. The van der Waals surface area contributed by atoms with Crippen LogP contribution < -0.4 is 5.73 Å². The van der Waals surface area contributed by atoms with Crippen LogP contribution in [-0.2, 0) is 0 Å². The monoisotopic (exact) mass is 293 g/mol. The van der Waals surface area contributed by atoms with Crippen molar-refractivity contribution in [3.8, 4) is 0 Å². The van der Waals surface area contributed by atoms with Gasteiger partial charge in [-0.2, -0.15) is 0 Å². The molecule has 3 heterocycles. The molecule has 3 nitrogen and oxygen atoms in total. The molecule has 4 atom stereocenters. The molecule has 4 unspecified atom stereocenters. The van der Waals surface area contributed by atoms with E-state index in [4.69, 9.17) is 5.73 Å². The van der Waals surface area contributed by atoms with Crippen molar-refractivity contribution in [3.63, 3.8) is 0 Å². The zero-order valence-electron chi connectivity index (χ0n) is 12.7. The van der Waals surface area contributed by atoms with Crippen molar-refractivity contribution in [3.05, 3.63) is 22.4 Å². The summed E-state index contributed by atoms with van der Waals surface area (Å²) in [5, 5.41) is 2.18. The Kier molecular flexibility index (Phi) is 4.46. The molecule has 112 valence electrons. The van der Waals surface area contributed by atoms with E-state index in [2.05, 4.69) is 41.2 Å². The van der Waals surface area contributed by atoms with E-state index in [1.807, 2.05) is 11.3 Å². The second-order valence-corrected chi connectivity index (χ2v) is 7.35. The number of nitrogens with two attached hydrogens (primary N) is 1. The maximum absolute atomic E-state index is 6.49. The Morgan fingerprint density at radius 2 is 2.30 bits per heavy atom. The second-order valence-electron chi connectivity index (χ2n) is 6.37. The second kappa shape index (κ2) is 6.14. The summed E-state index contributed by atoms with van der Waals surface area (Å²) in [6.45, 7) is 8.28. The molecule has 4 heteroatoms. The zero-order chi connectivity index (χ0) is 14.1. The summed E-state index contributed by atoms with van der Waals surface area (Å²) in [7, 11) is 0. The Balaban J connectivity index is 1.83. The molecule has 0 radical (unpaired) electrons. The van der Waals surface area contributed by atoms with Gasteiger partial charge in [0.15, 0.2) is 0 Å². The summed E-state index contributed by atoms with van der Waals surface area (Å²) >= 11 is 1.86. The number of nitrogens with zero attached hydrogens (tertiary/aromatic N) is 2. The Labute approximate surface area is 126 Å². The van der Waals surface area contributed by atoms with Crippen LogP contribution in [0.15, 0.2) is 17.5 Å². The van der Waals surface area contributed by atoms with E-state index in [0.717, 1.165) is 12.5 Å². The van der Waals surface area contributed by atoms with Crippen molar-refractivity contribution < 1.29 is 0 Å². The van der Waals surface area contributed by atoms with Crippen LogP contribution in [0.1, 0.15) is 44.0 Å². The summed E-state index contributed by atoms with van der Waals surface area (Å²) in [5.41, 5.74) is 6.49. The fourth-order valence-electron chi connectivity index (χ4n) is 3.90. The topological polar surface area (TPSA) is 32.5 Å². The van der Waals surface area contributed by atoms with Crippen molar-refractivity contribution in [2.75, 3.05) is 19.6 Å². The fourth-order valence-corrected chi connectivity index (χ4v) is 4.82. The highest BCUT2D eigenvalue weighted by Crippen LogP contribution is 2.35. The average Bonchev–Trinajstić information content (AvgIpc) is 3.10. The Morgan fingerprint density at radius 3 is 3.00 bits per heavy atom. The molecule has 1 aromatic heterocycles. The largest absolute Gasteiger partial charge is 0.326 e. The molecule has 0 saturated carbocycles. The number of rotatable bonds is 4. The van der Waals surface area contributed by atoms with E-state index in [0.29, 0.717) is 12.1 Å². The Morgan fingerprint density at radius 1 is 1.45 bits per heavy atom. The lowest BCUT2D eigenvalue weighted by molar-refractivity contribution is 0.0195. The first-order valence-electron chi connectivity index (χ1n) is 7.99. The standard InChI is InChI=1S/C16H27N3S/c1-3-14(17)16(15-7-5-9-20-15)19-11-13-6-4-8-18(13)10-12(19)2/h5,7,9,12-14,16H,3-4,6,8,10-11,17H2,1-2H3. The summed E-state index contributed by atoms with van der Waals surface area (Å²) in [6, 6.07) is 6.43. The normalized spacial score (nSPS) is 31.1. The van der Waals surface area contributed by atoms with Gasteiger partial charge in [-0.15, -0.1) is 11.3 Å². The van der Waals surface area contributed by atoms with Crippen LogP contribution in [0.5, 0.6) is 0 Å². The number of hydrogen-bond acceptors (Lipinski definition) is 4. The van der Waals surface area contributed by atoms with Gasteiger partial charge in [-0.3, -0.25) is 9.80 Å². The number of hydrogen-bond donors (Lipinski definition) is 1. The van der Waals surface area contributed by atoms with Gasteiger partial charge in [-0.05, 0) is 44.2 Å². The molecule has 20 heavy (non-hydrogen) atoms. The van der Waals surface area contributed by atoms with Crippen LogP contribution in [0, 0.1) is 0 Å². The first kappa shape index (κ1) is 14.5. The third kappa shape index (κ3) is 2.67. The van der Waals surface area contributed by atoms with Crippen molar-refractivity contribution in [2.45, 2.75) is 57.3 Å². The molecule has 0 aromatic carbocycles. The highest BCUT2D eigenvalue weighted by molar-refractivity contribution is 7.10. The number of thiophene rings is 1. The van der Waals surface area contributed by atoms with Gasteiger partial charge in [0.25, 0.3) is 0 Å². The number of fused-ring (bicyclic) bond motifs is 1. The molecule has 1 aromatic rings. The van der Waals surface area contributed by atoms with E-state index < -0.39 is 0 Å². The van der Waals surface area contributed by atoms with Crippen LogP contribution in [0.4, 0.5) is 0 Å². The van der Waals surface area contributed by atoms with Crippen LogP contribution in [0.25, 0.3) is 0 Å². The van der Waals surface area contributed by atoms with E-state index in [-0.39, 0.29) is 6.04 Å². The van der Waals surface area contributed by atoms with E-state index in [1.165, 1.54) is 37.4 Å². The summed E-state index contributed by atoms with van der Waals surface area (Å²) in [4.78, 5) is 6.81. The lowest BCUT2D eigenvalue weighted by Crippen LogP contribution is -2.58. The van der Waals surface area contributed by atoms with Crippen LogP contribution in [0.2, 0.25) is 0 Å². The van der Waals surface area contributed by atoms with Crippen molar-refractivity contribution in [1.29, 1.82) is 0 Å². The van der Waals surface area contributed by atoms with Gasteiger partial charge in [0, 0.05) is 36.1 Å². The maximum Gasteiger partial charge on any atom is 0.0596 e. The van der Waals surface area contributed by atoms with Crippen LogP contribution in [-0.4, -0.2) is 47.6 Å². The van der Waals surface area contributed by atoms with Crippen molar-refractivity contribution in [1.82, 2.24) is 9.80 Å². The van der Waals surface area contributed by atoms with Gasteiger partial charge < -0.3 is 5.73 Å². The molecule has 2 N–H and O–H groups in total. The lowest BCUT2D eigenvalue weighted by Gasteiger charge is -2.47. The van der Waals surface area contributed by atoms with Gasteiger partial charge in [0.2, 0.25) is 0 Å². The maximum atomic E-state index is 6.49. The molecule has 0 spiro atoms. The number of piperazine rings is 1. The van der Waals surface area contributed by atoms with Gasteiger partial charge in [-0.1, -0.05) is 13.0 Å². The molecule has 2 saturated heterocycles. The third-order valence-electron chi connectivity index (χ3n) is 5.05. The smallest absolute Gasteiger partial charge is 0.0596 e. The van der Waals surface area contributed by atoms with Gasteiger partial charge in [0.1, 0.15) is 0 Å². The third-order valence-corrected chi connectivity index (χ3v) is 6.00. The predicted molar refractivity (Wildman–Crippen MR) is 86.1 cm³/mol. The zero-order valence-corrected chi connectivity index (χ0v) is 13.5. The minimum Gasteiger partial charge on any atom is -0.326 e. The minimum absolute atomic E-state index is 0.240. The molecular formula is C16H27N3S. The SMILES string of the molecule is CCC(N)C(c1cccs1)N1CC2CCCN2CC1C. The summed E-state index contributed by atoms with van der Waals surface area (Å²) < 4.78 is 0. The quantitative estimate of drug-likeness (QED) is 0.926. The summed E-state index contributed by atoms with van der Waals surface area (Å²) in [6.07, 6.45) is 3.77. The Bertz CT molecular complexity index is 419. The molecular weight excluding hydrogens is 266 g/mol. The van der Waals surface area contributed by atoms with Crippen LogP contribution in [0.3, 0.4) is 0 Å². The molecule has 0 bridgehead atoms.